The van der Waals surface area contributed by atoms with Crippen LogP contribution < -0.4 is 10.2 Å². The van der Waals surface area contributed by atoms with Crippen LogP contribution in [0.4, 0.5) is 24.5 Å². The predicted octanol–water partition coefficient (Wildman–Crippen LogP) is 3.55. The number of anilines is 1. The Morgan fingerprint density at radius 1 is 1.13 bits per heavy atom. The fraction of sp³-hybridized carbons (Fsp3) is 0.632. The first-order chi connectivity index (χ1) is 14.5. The third kappa shape index (κ3) is 5.10. The van der Waals surface area contributed by atoms with E-state index in [1.807, 2.05) is 0 Å². The van der Waals surface area contributed by atoms with Crippen LogP contribution >= 0.6 is 0 Å². The van der Waals surface area contributed by atoms with Gasteiger partial charge in [0, 0.05) is 25.2 Å². The van der Waals surface area contributed by atoms with Crippen molar-refractivity contribution in [1.29, 1.82) is 0 Å². The molecule has 0 radical (unpaired) electrons. The van der Waals surface area contributed by atoms with E-state index in [4.69, 9.17) is 0 Å². The van der Waals surface area contributed by atoms with Gasteiger partial charge in [-0.25, -0.2) is 8.42 Å². The molecule has 1 aromatic rings. The number of nitrogens with one attached hydrogen (secondary N) is 1. The van der Waals surface area contributed by atoms with Gasteiger partial charge in [0.15, 0.2) is 0 Å². The average Bonchev–Trinajstić information content (AvgIpc) is 2.73. The van der Waals surface area contributed by atoms with E-state index < -0.39 is 36.8 Å². The number of carbonyl (C=O) groups is 1. The number of hydrogen-bond donors (Lipinski definition) is 1. The molecule has 0 aromatic heterocycles. The van der Waals surface area contributed by atoms with Crippen molar-refractivity contribution in [2.45, 2.75) is 61.4 Å². The number of alkyl halides is 3. The lowest BCUT2D eigenvalue weighted by Gasteiger charge is -2.34. The minimum Gasteiger partial charge on any atom is -0.365 e. The van der Waals surface area contributed by atoms with Crippen LogP contribution in [0.15, 0.2) is 23.1 Å². The molecule has 3 rings (SSSR count). The monoisotopic (exact) mass is 463 g/mol. The topological polar surface area (TPSA) is 110 Å². The van der Waals surface area contributed by atoms with Gasteiger partial charge in [-0.3, -0.25) is 14.9 Å². The van der Waals surface area contributed by atoms with Crippen LogP contribution in [0.2, 0.25) is 0 Å². The average molecular weight is 463 g/mol. The molecule has 1 N–H and O–H groups in total. The smallest absolute Gasteiger partial charge is 0.365 e. The maximum Gasteiger partial charge on any atom is 0.501 e. The van der Waals surface area contributed by atoms with Crippen molar-refractivity contribution in [3.63, 3.8) is 0 Å². The Bertz CT molecular complexity index is 946. The normalized spacial score (nSPS) is 21.0. The summed E-state index contributed by atoms with van der Waals surface area (Å²) in [6.07, 6.45) is 6.27. The third-order valence-electron chi connectivity index (χ3n) is 5.84. The molecule has 1 aromatic carbocycles. The summed E-state index contributed by atoms with van der Waals surface area (Å²) in [6, 6.07) is 2.29. The molecule has 2 fully saturated rings. The molecule has 31 heavy (non-hydrogen) atoms. The molecule has 1 saturated heterocycles. The van der Waals surface area contributed by atoms with Gasteiger partial charge in [0.2, 0.25) is 5.91 Å². The number of carbonyl (C=O) groups excluding carboxylic acids is 1. The zero-order valence-electron chi connectivity index (χ0n) is 16.7. The highest BCUT2D eigenvalue weighted by Gasteiger charge is 2.47. The lowest BCUT2D eigenvalue weighted by molar-refractivity contribution is -0.384. The number of nitrogens with zero attached hydrogens (tertiary/aromatic N) is 2. The first-order valence-corrected chi connectivity index (χ1v) is 11.6. The van der Waals surface area contributed by atoms with Gasteiger partial charge in [-0.15, -0.1) is 0 Å². The number of nitro groups is 1. The van der Waals surface area contributed by atoms with E-state index in [0.717, 1.165) is 44.2 Å². The summed E-state index contributed by atoms with van der Waals surface area (Å²) in [7, 11) is -5.71. The maximum atomic E-state index is 12.8. The van der Waals surface area contributed by atoms with Gasteiger partial charge < -0.3 is 10.2 Å². The molecule has 1 saturated carbocycles. The van der Waals surface area contributed by atoms with Crippen LogP contribution in [-0.4, -0.2) is 43.9 Å². The van der Waals surface area contributed by atoms with Crippen molar-refractivity contribution in [1.82, 2.24) is 5.32 Å². The zero-order valence-corrected chi connectivity index (χ0v) is 17.5. The van der Waals surface area contributed by atoms with Crippen LogP contribution in [0, 0.1) is 16.0 Å². The second kappa shape index (κ2) is 9.01. The van der Waals surface area contributed by atoms with E-state index in [0.29, 0.717) is 25.5 Å². The largest absolute Gasteiger partial charge is 0.501 e. The molecule has 172 valence electrons. The van der Waals surface area contributed by atoms with E-state index in [1.54, 1.807) is 4.90 Å². The Kier molecular flexibility index (Phi) is 6.77. The van der Waals surface area contributed by atoms with Crippen LogP contribution in [0.5, 0.6) is 0 Å². The van der Waals surface area contributed by atoms with Gasteiger partial charge in [-0.2, -0.15) is 13.2 Å². The van der Waals surface area contributed by atoms with Gasteiger partial charge in [0.1, 0.15) is 5.69 Å². The predicted molar refractivity (Wildman–Crippen MR) is 106 cm³/mol. The van der Waals surface area contributed by atoms with Gasteiger partial charge in [0.05, 0.1) is 15.7 Å². The minimum absolute atomic E-state index is 0.00120. The van der Waals surface area contributed by atoms with Gasteiger partial charge >= 0.3 is 5.51 Å². The second-order valence-electron chi connectivity index (χ2n) is 7.99. The van der Waals surface area contributed by atoms with Crippen LogP contribution in [-0.2, 0) is 14.6 Å². The maximum absolute atomic E-state index is 12.8. The van der Waals surface area contributed by atoms with E-state index in [9.17, 15) is 36.5 Å². The number of halogens is 3. The first-order valence-electron chi connectivity index (χ1n) is 10.2. The van der Waals surface area contributed by atoms with E-state index >= 15 is 0 Å². The molecule has 1 aliphatic heterocycles. The molecule has 12 heteroatoms. The number of amides is 1. The molecular formula is C19H24F3N3O5S. The molecule has 1 heterocycles. The van der Waals surface area contributed by atoms with E-state index in [1.165, 1.54) is 0 Å². The number of sulfone groups is 1. The van der Waals surface area contributed by atoms with Crippen molar-refractivity contribution in [2.75, 3.05) is 18.0 Å². The summed E-state index contributed by atoms with van der Waals surface area (Å²) in [5.41, 5.74) is -6.30. The number of nitro benzene ring substituents is 1. The van der Waals surface area contributed by atoms with Crippen LogP contribution in [0.25, 0.3) is 0 Å². The Balaban J connectivity index is 1.81. The van der Waals surface area contributed by atoms with Gasteiger partial charge in [-0.1, -0.05) is 19.3 Å². The molecule has 0 bridgehead atoms. The van der Waals surface area contributed by atoms with Crippen molar-refractivity contribution < 1.29 is 31.3 Å². The molecule has 1 amide bonds. The summed E-state index contributed by atoms with van der Waals surface area (Å²) >= 11 is 0. The summed E-state index contributed by atoms with van der Waals surface area (Å²) in [4.78, 5) is 23.7. The number of benzene rings is 1. The Morgan fingerprint density at radius 2 is 1.81 bits per heavy atom. The summed E-state index contributed by atoms with van der Waals surface area (Å²) in [6.45, 7) is 0.546. The van der Waals surface area contributed by atoms with Crippen molar-refractivity contribution in [2.24, 2.45) is 5.92 Å². The second-order valence-corrected chi connectivity index (χ2v) is 9.93. The Morgan fingerprint density at radius 3 is 2.42 bits per heavy atom. The highest BCUT2D eigenvalue weighted by molar-refractivity contribution is 7.92. The fourth-order valence-electron chi connectivity index (χ4n) is 4.19. The molecule has 2 aliphatic rings. The Hall–Kier alpha value is -2.37. The van der Waals surface area contributed by atoms with Crippen molar-refractivity contribution in [3.05, 3.63) is 28.3 Å². The molecule has 0 spiro atoms. The summed E-state index contributed by atoms with van der Waals surface area (Å²) in [5.74, 6) is -0.538. The van der Waals surface area contributed by atoms with Crippen LogP contribution in [0.1, 0.15) is 44.9 Å². The van der Waals surface area contributed by atoms with Gasteiger partial charge in [0.25, 0.3) is 15.5 Å². The number of rotatable bonds is 5. The molecule has 8 nitrogen and oxygen atoms in total. The SMILES string of the molecule is O=C(NC1CCCCC1)C1CCCN(c2ccc(S(=O)(=O)C(F)(F)F)cc2[N+](=O)[O-])C1. The standard InChI is InChI=1S/C19H24F3N3O5S/c20-19(21,22)31(29,30)15-8-9-16(17(11-15)25(27)28)24-10-4-5-13(12-24)18(26)23-14-6-2-1-3-7-14/h8-9,11,13-14H,1-7,10,12H2,(H,23,26). The molecule has 1 unspecified atom stereocenters. The number of hydrogen-bond acceptors (Lipinski definition) is 6. The summed E-state index contributed by atoms with van der Waals surface area (Å²) < 4.78 is 61.7. The third-order valence-corrected chi connectivity index (χ3v) is 7.33. The highest BCUT2D eigenvalue weighted by Crippen LogP contribution is 2.37. The lowest BCUT2D eigenvalue weighted by atomic mass is 9.92. The zero-order chi connectivity index (χ0) is 22.8. The van der Waals surface area contributed by atoms with Crippen LogP contribution in [0.3, 0.4) is 0 Å². The van der Waals surface area contributed by atoms with E-state index in [-0.39, 0.29) is 24.2 Å². The Labute approximate surface area is 177 Å². The molecule has 1 aliphatic carbocycles. The highest BCUT2D eigenvalue weighted by atomic mass is 32.2. The molecular weight excluding hydrogens is 439 g/mol. The first kappa shape index (κ1) is 23.3. The molecule has 1 atom stereocenters. The van der Waals surface area contributed by atoms with Crippen molar-refractivity contribution in [3.8, 4) is 0 Å². The summed E-state index contributed by atoms with van der Waals surface area (Å²) in [5, 5.41) is 14.5. The minimum atomic E-state index is -5.71. The van der Waals surface area contributed by atoms with Crippen molar-refractivity contribution >= 4 is 27.1 Å². The number of piperidine rings is 1. The quantitative estimate of drug-likeness (QED) is 0.528. The van der Waals surface area contributed by atoms with Gasteiger partial charge in [-0.05, 0) is 37.8 Å². The van der Waals surface area contributed by atoms with E-state index in [2.05, 4.69) is 5.32 Å². The lowest BCUT2D eigenvalue weighted by Crippen LogP contribution is -2.46. The fourth-order valence-corrected chi connectivity index (χ4v) is 4.97.